The van der Waals surface area contributed by atoms with Crippen LogP contribution in [0.3, 0.4) is 0 Å². The van der Waals surface area contributed by atoms with Crippen molar-refractivity contribution in [2.24, 2.45) is 0 Å². The Morgan fingerprint density at radius 1 is 1.70 bits per heavy atom. The van der Waals surface area contributed by atoms with Crippen LogP contribution >= 0.6 is 11.3 Å². The molecular formula is C8H12NS. The van der Waals surface area contributed by atoms with Gasteiger partial charge in [0.05, 0.1) is 5.01 Å². The van der Waals surface area contributed by atoms with Crippen molar-refractivity contribution < 1.29 is 0 Å². The molecule has 0 saturated heterocycles. The number of nitrogens with zero attached hydrogens (tertiary/aromatic N) is 1. The van der Waals surface area contributed by atoms with E-state index in [0.717, 1.165) is 6.42 Å². The maximum atomic E-state index is 4.27. The minimum atomic E-state index is 0.560. The van der Waals surface area contributed by atoms with E-state index >= 15 is 0 Å². The highest BCUT2D eigenvalue weighted by molar-refractivity contribution is 7.11. The molecule has 1 rings (SSSR count). The lowest BCUT2D eigenvalue weighted by Crippen LogP contribution is -1.81. The lowest BCUT2D eigenvalue weighted by Gasteiger charge is -1.94. The molecule has 0 N–H and O–H groups in total. The molecule has 1 radical (unpaired) electrons. The van der Waals surface area contributed by atoms with Crippen molar-refractivity contribution in [1.29, 1.82) is 0 Å². The van der Waals surface area contributed by atoms with E-state index in [0.29, 0.717) is 5.92 Å². The summed E-state index contributed by atoms with van der Waals surface area (Å²) in [6.07, 6.45) is 2.79. The predicted octanol–water partition coefficient (Wildman–Crippen LogP) is 2.64. The van der Waals surface area contributed by atoms with Crippen LogP contribution in [0.2, 0.25) is 0 Å². The fourth-order valence-corrected chi connectivity index (χ4v) is 1.52. The molecule has 0 amide bonds. The highest BCUT2D eigenvalue weighted by atomic mass is 32.1. The Bertz CT molecular complexity index is 203. The van der Waals surface area contributed by atoms with Gasteiger partial charge in [-0.2, -0.15) is 0 Å². The number of aromatic nitrogens is 1. The number of thiazole rings is 1. The second-order valence-electron chi connectivity index (χ2n) is 2.57. The van der Waals surface area contributed by atoms with Crippen LogP contribution in [-0.2, 0) is 6.42 Å². The summed E-state index contributed by atoms with van der Waals surface area (Å²) in [7, 11) is 0. The van der Waals surface area contributed by atoms with Gasteiger partial charge in [-0.25, -0.2) is 4.98 Å². The summed E-state index contributed by atoms with van der Waals surface area (Å²) in [5, 5.41) is 1.22. The van der Waals surface area contributed by atoms with Crippen LogP contribution in [0.25, 0.3) is 0 Å². The smallest absolute Gasteiger partial charge is 0.0953 e. The fraction of sp³-hybridized carbons (Fsp3) is 0.500. The van der Waals surface area contributed by atoms with Gasteiger partial charge >= 0.3 is 0 Å². The van der Waals surface area contributed by atoms with E-state index in [1.807, 2.05) is 6.20 Å². The van der Waals surface area contributed by atoms with Gasteiger partial charge < -0.3 is 0 Å². The van der Waals surface area contributed by atoms with Crippen molar-refractivity contribution >= 4 is 11.3 Å². The number of hydrogen-bond donors (Lipinski definition) is 0. The zero-order valence-electron chi connectivity index (χ0n) is 6.42. The molecule has 0 unspecified atom stereocenters. The third-order valence-corrected chi connectivity index (χ3v) is 2.67. The standard InChI is InChI=1S/C8H12NS/c1-4-7-5-9-8(10-7)6(2)3/h5-6H,1,4H2,2-3H3. The first-order valence-electron chi connectivity index (χ1n) is 3.48. The maximum Gasteiger partial charge on any atom is 0.0953 e. The summed E-state index contributed by atoms with van der Waals surface area (Å²) >= 11 is 1.77. The zero-order chi connectivity index (χ0) is 7.56. The van der Waals surface area contributed by atoms with Crippen LogP contribution in [-0.4, -0.2) is 4.98 Å². The van der Waals surface area contributed by atoms with Crippen molar-refractivity contribution in [3.8, 4) is 0 Å². The van der Waals surface area contributed by atoms with Crippen LogP contribution < -0.4 is 0 Å². The Morgan fingerprint density at radius 2 is 2.40 bits per heavy atom. The molecule has 0 atom stereocenters. The van der Waals surface area contributed by atoms with Gasteiger partial charge in [0, 0.05) is 17.0 Å². The molecule has 0 fully saturated rings. The summed E-state index contributed by atoms with van der Waals surface area (Å²) in [5.41, 5.74) is 0. The maximum absolute atomic E-state index is 4.27. The number of rotatable bonds is 2. The number of hydrogen-bond acceptors (Lipinski definition) is 2. The minimum Gasteiger partial charge on any atom is -0.249 e. The minimum absolute atomic E-state index is 0.560. The molecule has 1 nitrogen and oxygen atoms in total. The summed E-state index contributed by atoms with van der Waals surface area (Å²) < 4.78 is 0. The van der Waals surface area contributed by atoms with E-state index < -0.39 is 0 Å². The van der Waals surface area contributed by atoms with Crippen LogP contribution in [0.4, 0.5) is 0 Å². The molecule has 10 heavy (non-hydrogen) atoms. The van der Waals surface area contributed by atoms with E-state index in [4.69, 9.17) is 0 Å². The van der Waals surface area contributed by atoms with Crippen LogP contribution in [0, 0.1) is 6.92 Å². The molecule has 0 aromatic carbocycles. The van der Waals surface area contributed by atoms with E-state index in [2.05, 4.69) is 25.8 Å². The Morgan fingerprint density at radius 3 is 2.70 bits per heavy atom. The molecular weight excluding hydrogens is 142 g/mol. The SMILES string of the molecule is [CH2]Cc1cnc(C(C)C)s1. The highest BCUT2D eigenvalue weighted by Gasteiger charge is 2.03. The second-order valence-corrected chi connectivity index (χ2v) is 3.72. The third kappa shape index (κ3) is 1.57. The van der Waals surface area contributed by atoms with Crippen molar-refractivity contribution in [2.45, 2.75) is 26.2 Å². The van der Waals surface area contributed by atoms with E-state index in [9.17, 15) is 0 Å². The molecule has 1 aromatic heterocycles. The van der Waals surface area contributed by atoms with Crippen LogP contribution in [0.15, 0.2) is 6.20 Å². The van der Waals surface area contributed by atoms with E-state index in [-0.39, 0.29) is 0 Å². The predicted molar refractivity (Wildman–Crippen MR) is 45.3 cm³/mol. The molecule has 2 heteroatoms. The Hall–Kier alpha value is -0.370. The molecule has 0 spiro atoms. The molecule has 1 aromatic rings. The van der Waals surface area contributed by atoms with Gasteiger partial charge in [0.25, 0.3) is 0 Å². The molecule has 55 valence electrons. The van der Waals surface area contributed by atoms with Crippen LogP contribution in [0.5, 0.6) is 0 Å². The molecule has 0 bridgehead atoms. The monoisotopic (exact) mass is 154 g/mol. The molecule has 1 heterocycles. The lowest BCUT2D eigenvalue weighted by atomic mass is 10.2. The van der Waals surface area contributed by atoms with Gasteiger partial charge in [-0.1, -0.05) is 13.8 Å². The first-order chi connectivity index (χ1) is 4.74. The quantitative estimate of drug-likeness (QED) is 0.638. The summed E-state index contributed by atoms with van der Waals surface area (Å²) in [6, 6.07) is 0. The average molecular weight is 154 g/mol. The molecule has 0 aliphatic carbocycles. The fourth-order valence-electron chi connectivity index (χ4n) is 0.705. The summed E-state index contributed by atoms with van der Waals surface area (Å²) in [5.74, 6) is 0.560. The normalized spacial score (nSPS) is 10.8. The first-order valence-corrected chi connectivity index (χ1v) is 4.29. The molecule has 0 saturated carbocycles. The van der Waals surface area contributed by atoms with Gasteiger partial charge in [0.1, 0.15) is 0 Å². The zero-order valence-corrected chi connectivity index (χ0v) is 7.24. The van der Waals surface area contributed by atoms with Crippen molar-refractivity contribution in [2.75, 3.05) is 0 Å². The molecule has 0 aliphatic rings. The van der Waals surface area contributed by atoms with Gasteiger partial charge in [-0.15, -0.1) is 11.3 Å². The van der Waals surface area contributed by atoms with Crippen molar-refractivity contribution in [1.82, 2.24) is 4.98 Å². The highest BCUT2D eigenvalue weighted by Crippen LogP contribution is 2.20. The summed E-state index contributed by atoms with van der Waals surface area (Å²) in [6.45, 7) is 8.12. The van der Waals surface area contributed by atoms with Gasteiger partial charge in [0.2, 0.25) is 0 Å². The lowest BCUT2D eigenvalue weighted by molar-refractivity contribution is 0.852. The van der Waals surface area contributed by atoms with Gasteiger partial charge in [-0.05, 0) is 13.3 Å². The third-order valence-electron chi connectivity index (χ3n) is 1.31. The van der Waals surface area contributed by atoms with Crippen molar-refractivity contribution in [3.63, 3.8) is 0 Å². The first kappa shape index (κ1) is 7.73. The topological polar surface area (TPSA) is 12.9 Å². The van der Waals surface area contributed by atoms with E-state index in [1.165, 1.54) is 9.88 Å². The Labute approximate surface area is 66.1 Å². The Balaban J connectivity index is 2.78. The van der Waals surface area contributed by atoms with Gasteiger partial charge in [0.15, 0.2) is 0 Å². The molecule has 0 aliphatic heterocycles. The van der Waals surface area contributed by atoms with Gasteiger partial charge in [-0.3, -0.25) is 0 Å². The average Bonchev–Trinajstić information content (AvgIpc) is 2.34. The largest absolute Gasteiger partial charge is 0.249 e. The second kappa shape index (κ2) is 3.15. The summed E-state index contributed by atoms with van der Waals surface area (Å²) in [4.78, 5) is 5.55. The van der Waals surface area contributed by atoms with Crippen LogP contribution in [0.1, 0.15) is 29.7 Å². The van der Waals surface area contributed by atoms with Crippen molar-refractivity contribution in [3.05, 3.63) is 23.0 Å². The Kier molecular flexibility index (Phi) is 2.44. The van der Waals surface area contributed by atoms with E-state index in [1.54, 1.807) is 11.3 Å².